The van der Waals surface area contributed by atoms with Crippen LogP contribution >= 0.6 is 0 Å². The van der Waals surface area contributed by atoms with Crippen molar-refractivity contribution in [3.8, 4) is 0 Å². The van der Waals surface area contributed by atoms with Crippen LogP contribution in [0.15, 0.2) is 0 Å². The third kappa shape index (κ3) is 4.22. The van der Waals surface area contributed by atoms with E-state index in [1.807, 2.05) is 0 Å². The van der Waals surface area contributed by atoms with Crippen LogP contribution in [0, 0.1) is 58.2 Å². The summed E-state index contributed by atoms with van der Waals surface area (Å²) in [5.41, 5.74) is 0.488. The van der Waals surface area contributed by atoms with Crippen molar-refractivity contribution in [2.24, 2.45) is 58.2 Å². The van der Waals surface area contributed by atoms with Crippen LogP contribution in [-0.4, -0.2) is 64.8 Å². The highest BCUT2D eigenvalue weighted by atomic mass is 16.6. The molecule has 0 aromatic rings. The number of fused-ring (bicyclic) bond motifs is 5. The molecule has 3 N–H and O–H groups in total. The molecule has 1 aliphatic heterocycles. The first-order valence-corrected chi connectivity index (χ1v) is 15.0. The molecule has 5 aliphatic rings. The van der Waals surface area contributed by atoms with Gasteiger partial charge in [-0.25, -0.2) is 4.79 Å². The minimum Gasteiger partial charge on any atom is -0.449 e. The molecule has 5 rings (SSSR count). The van der Waals surface area contributed by atoms with E-state index in [2.05, 4.69) is 27.7 Å². The Labute approximate surface area is 218 Å². The van der Waals surface area contributed by atoms with E-state index < -0.39 is 0 Å². The molecule has 1 heterocycles. The van der Waals surface area contributed by atoms with Gasteiger partial charge in [0.25, 0.3) is 0 Å². The molecule has 0 aromatic heterocycles. The predicted molar refractivity (Wildman–Crippen MR) is 139 cm³/mol. The van der Waals surface area contributed by atoms with E-state index in [9.17, 15) is 15.0 Å². The lowest BCUT2D eigenvalue weighted by Crippen LogP contribution is -2.62. The topological polar surface area (TPSA) is 90.2 Å². The molecule has 6 heteroatoms. The van der Waals surface area contributed by atoms with E-state index in [1.165, 1.54) is 25.7 Å². The smallest absolute Gasteiger partial charge is 0.409 e. The van der Waals surface area contributed by atoms with E-state index in [1.54, 1.807) is 4.90 Å². The minimum atomic E-state index is -0.248. The Kier molecular flexibility index (Phi) is 7.46. The Morgan fingerprint density at radius 2 is 1.72 bits per heavy atom. The highest BCUT2D eigenvalue weighted by Crippen LogP contribution is 2.69. The average molecular weight is 506 g/mol. The van der Waals surface area contributed by atoms with Gasteiger partial charge in [-0.1, -0.05) is 34.1 Å². The molecule has 0 spiro atoms. The first-order valence-electron chi connectivity index (χ1n) is 15.0. The normalized spacial score (nSPS) is 47.4. The summed E-state index contributed by atoms with van der Waals surface area (Å²) in [6.07, 6.45) is 8.96. The van der Waals surface area contributed by atoms with Gasteiger partial charge in [0.05, 0.1) is 18.8 Å². The van der Waals surface area contributed by atoms with Gasteiger partial charge in [-0.05, 0) is 104 Å². The van der Waals surface area contributed by atoms with Crippen molar-refractivity contribution >= 4 is 6.09 Å². The summed E-state index contributed by atoms with van der Waals surface area (Å²) in [5, 5.41) is 31.5. The fourth-order valence-electron chi connectivity index (χ4n) is 10.4. The highest BCUT2D eigenvalue weighted by Gasteiger charge is 2.64. The number of aliphatic hydroxyl groups is 3. The second-order valence-electron chi connectivity index (χ2n) is 14.0. The number of hydrogen-bond acceptors (Lipinski definition) is 5. The van der Waals surface area contributed by atoms with Gasteiger partial charge in [0, 0.05) is 25.6 Å². The number of likely N-dealkylation sites (tertiary alicyclic amines) is 1. The van der Waals surface area contributed by atoms with Crippen LogP contribution in [0.5, 0.6) is 0 Å². The average Bonchev–Trinajstić information content (AvgIpc) is 3.17. The Bertz CT molecular complexity index is 800. The molecule has 5 fully saturated rings. The molecule has 1 unspecified atom stereocenters. The second kappa shape index (κ2) is 10.0. The molecule has 11 atom stereocenters. The Balaban J connectivity index is 1.25. The van der Waals surface area contributed by atoms with Crippen molar-refractivity contribution in [2.45, 2.75) is 97.7 Å². The van der Waals surface area contributed by atoms with Gasteiger partial charge in [0.2, 0.25) is 0 Å². The molecule has 1 amide bonds. The van der Waals surface area contributed by atoms with Gasteiger partial charge in [-0.2, -0.15) is 0 Å². The molecule has 4 aliphatic carbocycles. The van der Waals surface area contributed by atoms with Crippen molar-refractivity contribution in [3.63, 3.8) is 0 Å². The number of nitrogens with zero attached hydrogens (tertiary/aromatic N) is 1. The van der Waals surface area contributed by atoms with Crippen molar-refractivity contribution < 1.29 is 24.9 Å². The van der Waals surface area contributed by atoms with Crippen molar-refractivity contribution in [2.75, 3.05) is 26.3 Å². The third-order valence-electron chi connectivity index (χ3n) is 12.4. The first kappa shape index (κ1) is 26.7. The number of carbonyl (C=O) groups is 1. The Morgan fingerprint density at radius 1 is 1.03 bits per heavy atom. The molecule has 36 heavy (non-hydrogen) atoms. The van der Waals surface area contributed by atoms with Crippen molar-refractivity contribution in [1.82, 2.24) is 4.90 Å². The maximum Gasteiger partial charge on any atom is 0.409 e. The monoisotopic (exact) mass is 505 g/mol. The Hall–Kier alpha value is -0.850. The predicted octanol–water partition coefficient (Wildman–Crippen LogP) is 4.70. The zero-order chi connectivity index (χ0) is 25.8. The third-order valence-corrected chi connectivity index (χ3v) is 12.4. The lowest BCUT2D eigenvalue weighted by atomic mass is 9.41. The fraction of sp³-hybridized carbons (Fsp3) is 0.967. The molecule has 0 bridgehead atoms. The van der Waals surface area contributed by atoms with Gasteiger partial charge >= 0.3 is 6.09 Å². The zero-order valence-corrected chi connectivity index (χ0v) is 23.1. The van der Waals surface area contributed by atoms with Crippen LogP contribution in [0.1, 0.15) is 85.5 Å². The fourth-order valence-corrected chi connectivity index (χ4v) is 10.4. The van der Waals surface area contributed by atoms with Crippen LogP contribution in [0.3, 0.4) is 0 Å². The Morgan fingerprint density at radius 3 is 2.42 bits per heavy atom. The van der Waals surface area contributed by atoms with Gasteiger partial charge in [0.1, 0.15) is 0 Å². The molecule has 4 saturated carbocycles. The van der Waals surface area contributed by atoms with Crippen LogP contribution < -0.4 is 0 Å². The second-order valence-corrected chi connectivity index (χ2v) is 14.0. The van der Waals surface area contributed by atoms with E-state index in [0.29, 0.717) is 61.1 Å². The molecule has 0 aromatic carbocycles. The van der Waals surface area contributed by atoms with Gasteiger partial charge < -0.3 is 25.0 Å². The summed E-state index contributed by atoms with van der Waals surface area (Å²) in [6, 6.07) is 0. The number of carbonyl (C=O) groups excluding carboxylic acids is 1. The van der Waals surface area contributed by atoms with Crippen molar-refractivity contribution in [1.29, 1.82) is 0 Å². The van der Waals surface area contributed by atoms with Crippen LogP contribution in [0.2, 0.25) is 0 Å². The quantitative estimate of drug-likeness (QED) is 0.487. The van der Waals surface area contributed by atoms with E-state index in [4.69, 9.17) is 9.84 Å². The van der Waals surface area contributed by atoms with Gasteiger partial charge in [-0.15, -0.1) is 0 Å². The van der Waals surface area contributed by atoms with E-state index >= 15 is 0 Å². The first-order chi connectivity index (χ1) is 17.1. The molecule has 206 valence electrons. The molecule has 0 radical (unpaired) electrons. The SMILES string of the molecule is CC[C@@H]1C2C[C@H](O)CC[C@]2(C)[C@H]2CC[C@]3(C)[C@@H]([C@H](C)CCOC(=O)N4CC(CO)C4)CC[C@H]3[C@@H]2[C@@H]1O. The summed E-state index contributed by atoms with van der Waals surface area (Å²) >= 11 is 0. The lowest BCUT2D eigenvalue weighted by molar-refractivity contribution is -0.203. The summed E-state index contributed by atoms with van der Waals surface area (Å²) in [7, 11) is 0. The number of aliphatic hydroxyl groups excluding tert-OH is 3. The summed E-state index contributed by atoms with van der Waals surface area (Å²) in [5.74, 6) is 3.56. The minimum absolute atomic E-state index is 0.138. The number of amides is 1. The highest BCUT2D eigenvalue weighted by molar-refractivity contribution is 5.68. The maximum absolute atomic E-state index is 12.3. The zero-order valence-electron chi connectivity index (χ0n) is 23.1. The summed E-state index contributed by atoms with van der Waals surface area (Å²) in [6.45, 7) is 11.4. The molecular formula is C30H51NO5. The number of ether oxygens (including phenoxy) is 1. The summed E-state index contributed by atoms with van der Waals surface area (Å²) < 4.78 is 5.60. The van der Waals surface area contributed by atoms with Gasteiger partial charge in [-0.3, -0.25) is 0 Å². The molecular weight excluding hydrogens is 454 g/mol. The number of rotatable bonds is 6. The molecule has 1 saturated heterocycles. The van der Waals surface area contributed by atoms with Crippen molar-refractivity contribution in [3.05, 3.63) is 0 Å². The van der Waals surface area contributed by atoms with Crippen LogP contribution in [0.4, 0.5) is 4.79 Å². The number of hydrogen-bond donors (Lipinski definition) is 3. The van der Waals surface area contributed by atoms with Crippen LogP contribution in [0.25, 0.3) is 0 Å². The standard InChI is InChI=1S/C30H51NO5/c1-5-21-25-14-20(33)8-11-30(25,4)24-9-12-29(3)22(6-7-23(29)26(24)27(21)34)18(2)10-13-36-28(35)31-15-19(16-31)17-32/h18-27,32-34H,5-17H2,1-4H3/t18-,20-,21-,22-,23+,24+,25?,26+,27-,29-,30-/m1/s1. The lowest BCUT2D eigenvalue weighted by Gasteiger charge is -2.64. The van der Waals surface area contributed by atoms with E-state index in [0.717, 1.165) is 32.1 Å². The molecule has 6 nitrogen and oxygen atoms in total. The maximum atomic E-state index is 12.3. The largest absolute Gasteiger partial charge is 0.449 e. The summed E-state index contributed by atoms with van der Waals surface area (Å²) in [4.78, 5) is 14.0. The van der Waals surface area contributed by atoms with Crippen LogP contribution in [-0.2, 0) is 4.74 Å². The van der Waals surface area contributed by atoms with E-state index in [-0.39, 0.29) is 41.7 Å². The van der Waals surface area contributed by atoms with Gasteiger partial charge in [0.15, 0.2) is 0 Å².